The SMILES string of the molecule is O=C(Nc1ccc(Cl)c(Cl)c1)N1CC(Oc2cccnc2)C1. The second-order valence-corrected chi connectivity index (χ2v) is 5.71. The van der Waals surface area contributed by atoms with Crippen molar-refractivity contribution in [2.24, 2.45) is 0 Å². The van der Waals surface area contributed by atoms with Gasteiger partial charge in [0.2, 0.25) is 0 Å². The summed E-state index contributed by atoms with van der Waals surface area (Å²) in [4.78, 5) is 17.7. The van der Waals surface area contributed by atoms with Crippen LogP contribution in [0.2, 0.25) is 10.0 Å². The molecule has 0 radical (unpaired) electrons. The van der Waals surface area contributed by atoms with Gasteiger partial charge in [0.15, 0.2) is 0 Å². The molecule has 2 amide bonds. The van der Waals surface area contributed by atoms with Crippen molar-refractivity contribution in [2.45, 2.75) is 6.10 Å². The molecule has 0 atom stereocenters. The second kappa shape index (κ2) is 6.42. The van der Waals surface area contributed by atoms with Gasteiger partial charge in [0.25, 0.3) is 0 Å². The van der Waals surface area contributed by atoms with Crippen LogP contribution in [0.3, 0.4) is 0 Å². The number of hydrogen-bond acceptors (Lipinski definition) is 3. The summed E-state index contributed by atoms with van der Waals surface area (Å²) in [5, 5.41) is 3.63. The molecule has 0 unspecified atom stereocenters. The third-order valence-corrected chi connectivity index (χ3v) is 3.98. The first kappa shape index (κ1) is 14.9. The first-order chi connectivity index (χ1) is 10.6. The van der Waals surface area contributed by atoms with Gasteiger partial charge in [0, 0.05) is 11.9 Å². The molecule has 1 aliphatic rings. The van der Waals surface area contributed by atoms with E-state index < -0.39 is 0 Å². The molecule has 2 heterocycles. The van der Waals surface area contributed by atoms with Crippen LogP contribution in [0.4, 0.5) is 10.5 Å². The summed E-state index contributed by atoms with van der Waals surface area (Å²) in [6.07, 6.45) is 3.33. The van der Waals surface area contributed by atoms with Gasteiger partial charge in [-0.05, 0) is 30.3 Å². The number of ether oxygens (including phenoxy) is 1. The van der Waals surface area contributed by atoms with Gasteiger partial charge in [0.05, 0.1) is 29.3 Å². The maximum absolute atomic E-state index is 12.1. The summed E-state index contributed by atoms with van der Waals surface area (Å²) in [6.45, 7) is 1.06. The highest BCUT2D eigenvalue weighted by molar-refractivity contribution is 6.42. The lowest BCUT2D eigenvalue weighted by molar-refractivity contribution is 0.0490. The molecule has 7 heteroatoms. The molecule has 0 saturated carbocycles. The van der Waals surface area contributed by atoms with Crippen LogP contribution in [0.25, 0.3) is 0 Å². The summed E-state index contributed by atoms with van der Waals surface area (Å²) in [5.41, 5.74) is 0.607. The Kier molecular flexibility index (Phi) is 4.36. The number of benzene rings is 1. The Labute approximate surface area is 137 Å². The number of aromatic nitrogens is 1. The Morgan fingerprint density at radius 1 is 1.27 bits per heavy atom. The van der Waals surface area contributed by atoms with E-state index in [0.717, 1.165) is 0 Å². The number of halogens is 2. The van der Waals surface area contributed by atoms with E-state index in [-0.39, 0.29) is 12.1 Å². The molecule has 1 fully saturated rings. The number of pyridine rings is 1. The summed E-state index contributed by atoms with van der Waals surface area (Å²) < 4.78 is 5.69. The number of nitrogens with zero attached hydrogens (tertiary/aromatic N) is 2. The Morgan fingerprint density at radius 3 is 2.77 bits per heavy atom. The van der Waals surface area contributed by atoms with E-state index >= 15 is 0 Å². The summed E-state index contributed by atoms with van der Waals surface area (Å²) in [6, 6.07) is 8.42. The van der Waals surface area contributed by atoms with Gasteiger partial charge in [-0.1, -0.05) is 23.2 Å². The lowest BCUT2D eigenvalue weighted by Gasteiger charge is -2.38. The van der Waals surface area contributed by atoms with Crippen molar-refractivity contribution in [3.05, 3.63) is 52.8 Å². The fourth-order valence-corrected chi connectivity index (χ4v) is 2.36. The average Bonchev–Trinajstić information content (AvgIpc) is 2.47. The molecule has 22 heavy (non-hydrogen) atoms. The largest absolute Gasteiger partial charge is 0.485 e. The lowest BCUT2D eigenvalue weighted by atomic mass is 10.2. The maximum atomic E-state index is 12.1. The molecule has 2 aromatic rings. The average molecular weight is 338 g/mol. The van der Waals surface area contributed by atoms with Crippen LogP contribution < -0.4 is 10.1 Å². The zero-order valence-corrected chi connectivity index (χ0v) is 13.0. The third-order valence-electron chi connectivity index (χ3n) is 3.24. The Hall–Kier alpha value is -1.98. The minimum atomic E-state index is -0.190. The number of nitrogens with one attached hydrogen (secondary N) is 1. The van der Waals surface area contributed by atoms with Crippen LogP contribution in [-0.2, 0) is 0 Å². The van der Waals surface area contributed by atoms with Crippen LogP contribution in [0.1, 0.15) is 0 Å². The van der Waals surface area contributed by atoms with E-state index in [4.69, 9.17) is 27.9 Å². The first-order valence-electron chi connectivity index (χ1n) is 6.69. The smallest absolute Gasteiger partial charge is 0.322 e. The van der Waals surface area contributed by atoms with Crippen molar-refractivity contribution < 1.29 is 9.53 Å². The minimum absolute atomic E-state index is 0.0104. The topological polar surface area (TPSA) is 54.5 Å². The third kappa shape index (κ3) is 3.43. The molecule has 1 aromatic heterocycles. The normalized spacial score (nSPS) is 14.4. The molecule has 1 aliphatic heterocycles. The Morgan fingerprint density at radius 2 is 2.09 bits per heavy atom. The second-order valence-electron chi connectivity index (χ2n) is 4.89. The van der Waals surface area contributed by atoms with Gasteiger partial charge in [-0.15, -0.1) is 0 Å². The van der Waals surface area contributed by atoms with Crippen molar-refractivity contribution in [3.63, 3.8) is 0 Å². The quantitative estimate of drug-likeness (QED) is 0.929. The molecule has 114 valence electrons. The maximum Gasteiger partial charge on any atom is 0.322 e. The highest BCUT2D eigenvalue weighted by Crippen LogP contribution is 2.25. The van der Waals surface area contributed by atoms with Gasteiger partial charge >= 0.3 is 6.03 Å². The standard InChI is InChI=1S/C15H13Cl2N3O2/c16-13-4-3-10(6-14(13)17)19-15(21)20-8-12(9-20)22-11-2-1-5-18-7-11/h1-7,12H,8-9H2,(H,19,21). The lowest BCUT2D eigenvalue weighted by Crippen LogP contribution is -2.57. The number of anilines is 1. The van der Waals surface area contributed by atoms with Gasteiger partial charge in [-0.3, -0.25) is 4.98 Å². The highest BCUT2D eigenvalue weighted by Gasteiger charge is 2.32. The molecule has 5 nitrogen and oxygen atoms in total. The molecule has 0 spiro atoms. The predicted octanol–water partition coefficient (Wildman–Crippen LogP) is 3.68. The van der Waals surface area contributed by atoms with Crippen LogP contribution in [-0.4, -0.2) is 35.1 Å². The first-order valence-corrected chi connectivity index (χ1v) is 7.45. The number of hydrogen-bond donors (Lipinski definition) is 1. The number of amides is 2. The van der Waals surface area contributed by atoms with Crippen LogP contribution in [0.15, 0.2) is 42.7 Å². The minimum Gasteiger partial charge on any atom is -0.485 e. The van der Waals surface area contributed by atoms with Crippen LogP contribution >= 0.6 is 23.2 Å². The number of carbonyl (C=O) groups excluding carboxylic acids is 1. The Bertz CT molecular complexity index is 676. The van der Waals surface area contributed by atoms with E-state index in [1.54, 1.807) is 35.5 Å². The molecule has 1 aromatic carbocycles. The van der Waals surface area contributed by atoms with Crippen molar-refractivity contribution in [1.82, 2.24) is 9.88 Å². The monoisotopic (exact) mass is 337 g/mol. The molecule has 1 saturated heterocycles. The Balaban J connectivity index is 1.50. The van der Waals surface area contributed by atoms with Crippen molar-refractivity contribution in [1.29, 1.82) is 0 Å². The van der Waals surface area contributed by atoms with E-state index in [1.165, 1.54) is 0 Å². The summed E-state index contributed by atoms with van der Waals surface area (Å²) in [7, 11) is 0. The van der Waals surface area contributed by atoms with Gasteiger partial charge in [-0.2, -0.15) is 0 Å². The number of likely N-dealkylation sites (tertiary alicyclic amines) is 1. The zero-order chi connectivity index (χ0) is 15.5. The van der Waals surface area contributed by atoms with Crippen molar-refractivity contribution in [3.8, 4) is 5.75 Å². The van der Waals surface area contributed by atoms with Gasteiger partial charge < -0.3 is 15.0 Å². The summed E-state index contributed by atoms with van der Waals surface area (Å²) in [5.74, 6) is 0.706. The van der Waals surface area contributed by atoms with Crippen molar-refractivity contribution in [2.75, 3.05) is 18.4 Å². The van der Waals surface area contributed by atoms with Crippen molar-refractivity contribution >= 4 is 34.9 Å². The molecule has 1 N–H and O–H groups in total. The molecule has 0 bridgehead atoms. The number of urea groups is 1. The van der Waals surface area contributed by atoms with E-state index in [0.29, 0.717) is 34.6 Å². The highest BCUT2D eigenvalue weighted by atomic mass is 35.5. The molecular weight excluding hydrogens is 325 g/mol. The summed E-state index contributed by atoms with van der Waals surface area (Å²) >= 11 is 11.8. The van der Waals surface area contributed by atoms with Crippen LogP contribution in [0.5, 0.6) is 5.75 Å². The number of carbonyl (C=O) groups is 1. The van der Waals surface area contributed by atoms with E-state index in [2.05, 4.69) is 10.3 Å². The van der Waals surface area contributed by atoms with E-state index in [1.807, 2.05) is 12.1 Å². The number of rotatable bonds is 3. The molecular formula is C15H13Cl2N3O2. The molecule has 0 aliphatic carbocycles. The molecule has 3 rings (SSSR count). The fourth-order valence-electron chi connectivity index (χ4n) is 2.06. The van der Waals surface area contributed by atoms with Gasteiger partial charge in [0.1, 0.15) is 11.9 Å². The van der Waals surface area contributed by atoms with Crippen LogP contribution in [0, 0.1) is 0 Å². The predicted molar refractivity (Wildman–Crippen MR) is 85.7 cm³/mol. The zero-order valence-electron chi connectivity index (χ0n) is 11.5. The van der Waals surface area contributed by atoms with E-state index in [9.17, 15) is 4.79 Å². The fraction of sp³-hybridized carbons (Fsp3) is 0.200. The van der Waals surface area contributed by atoms with Gasteiger partial charge in [-0.25, -0.2) is 4.79 Å².